The van der Waals surface area contributed by atoms with Crippen LogP contribution in [-0.2, 0) is 6.61 Å². The predicted molar refractivity (Wildman–Crippen MR) is 57.3 cm³/mol. The van der Waals surface area contributed by atoms with Crippen LogP contribution in [0.3, 0.4) is 0 Å². The van der Waals surface area contributed by atoms with E-state index in [0.717, 1.165) is 0 Å². The molecular weight excluding hydrogens is 342 g/mol. The minimum absolute atomic E-state index is 0.584. The van der Waals surface area contributed by atoms with Gasteiger partial charge in [-0.3, -0.25) is 0 Å². The lowest BCUT2D eigenvalue weighted by Gasteiger charge is -2.12. The number of rotatable bonds is 1. The minimum atomic E-state index is -2.24. The summed E-state index contributed by atoms with van der Waals surface area (Å²) >= 11 is 2.61. The van der Waals surface area contributed by atoms with Crippen molar-refractivity contribution < 1.29 is 31.4 Å². The molecule has 0 unspecified atom stereocenters. The van der Waals surface area contributed by atoms with Gasteiger partial charge in [0.15, 0.2) is 34.9 Å². The smallest absolute Gasteiger partial charge is 0.198 e. The van der Waals surface area contributed by atoms with Gasteiger partial charge in [0.2, 0.25) is 0 Å². The summed E-state index contributed by atoms with van der Waals surface area (Å²) in [6.45, 7) is -1.04. The van der Waals surface area contributed by atoms with E-state index in [1.807, 2.05) is 0 Å². The van der Waals surface area contributed by atoms with Crippen LogP contribution >= 0.6 is 15.9 Å². The van der Waals surface area contributed by atoms with Crippen LogP contribution in [0.4, 0.5) is 26.3 Å². The van der Waals surface area contributed by atoms with Crippen molar-refractivity contribution in [2.45, 2.75) is 6.61 Å². The number of aliphatic hydroxyl groups excluding tert-OH is 1. The Labute approximate surface area is 110 Å². The van der Waals surface area contributed by atoms with Gasteiger partial charge in [0.1, 0.15) is 0 Å². The highest BCUT2D eigenvalue weighted by Crippen LogP contribution is 2.37. The Kier molecular flexibility index (Phi) is 3.48. The van der Waals surface area contributed by atoms with Crippen molar-refractivity contribution in [2.24, 2.45) is 0 Å². The first-order valence-electron chi connectivity index (χ1n) is 4.74. The van der Waals surface area contributed by atoms with Gasteiger partial charge in [-0.25, -0.2) is 26.3 Å². The molecule has 1 N–H and O–H groups in total. The fraction of sp³-hybridized carbons (Fsp3) is 0.0909. The molecule has 0 aliphatic heterocycles. The highest BCUT2D eigenvalue weighted by Gasteiger charge is 2.28. The van der Waals surface area contributed by atoms with E-state index in [2.05, 4.69) is 15.9 Å². The van der Waals surface area contributed by atoms with Crippen molar-refractivity contribution in [1.82, 2.24) is 0 Å². The van der Waals surface area contributed by atoms with Gasteiger partial charge in [0.05, 0.1) is 12.0 Å². The predicted octanol–water partition coefficient (Wildman–Crippen LogP) is 3.93. The van der Waals surface area contributed by atoms with E-state index in [0.29, 0.717) is 0 Å². The molecule has 0 saturated carbocycles. The molecule has 0 bridgehead atoms. The van der Waals surface area contributed by atoms with E-state index in [1.54, 1.807) is 0 Å². The average molecular weight is 345 g/mol. The average Bonchev–Trinajstić information content (AvgIpc) is 2.38. The summed E-state index contributed by atoms with van der Waals surface area (Å²) in [4.78, 5) is 0. The standard InChI is InChI=1S/C11H3BrF6O/c12-5-2(1-19)6(13)8(15)4-3(5)7(14)10(17)11(18)9(4)16/h19H,1H2. The number of benzene rings is 2. The lowest BCUT2D eigenvalue weighted by atomic mass is 10.0. The molecule has 1 nitrogen and oxygen atoms in total. The van der Waals surface area contributed by atoms with Gasteiger partial charge >= 0.3 is 0 Å². The highest BCUT2D eigenvalue weighted by atomic mass is 79.9. The molecule has 0 aromatic heterocycles. The Morgan fingerprint density at radius 3 is 1.58 bits per heavy atom. The molecule has 0 spiro atoms. The first kappa shape index (κ1) is 14.1. The largest absolute Gasteiger partial charge is 0.392 e. The molecule has 102 valence electrons. The lowest BCUT2D eigenvalue weighted by Crippen LogP contribution is -2.05. The monoisotopic (exact) mass is 344 g/mol. The molecule has 2 rings (SSSR count). The second-order valence-corrected chi connectivity index (χ2v) is 4.38. The van der Waals surface area contributed by atoms with Gasteiger partial charge in [0.25, 0.3) is 0 Å². The molecule has 19 heavy (non-hydrogen) atoms. The molecule has 2 aromatic carbocycles. The Bertz CT molecular complexity index is 700. The molecule has 0 fully saturated rings. The van der Waals surface area contributed by atoms with Crippen molar-refractivity contribution >= 4 is 26.7 Å². The Morgan fingerprint density at radius 1 is 0.684 bits per heavy atom. The van der Waals surface area contributed by atoms with Crippen LogP contribution in [0, 0.1) is 34.9 Å². The molecule has 8 heteroatoms. The van der Waals surface area contributed by atoms with Crippen LogP contribution in [0.5, 0.6) is 0 Å². The molecule has 0 amide bonds. The van der Waals surface area contributed by atoms with E-state index in [-0.39, 0.29) is 0 Å². The maximum absolute atomic E-state index is 13.6. The molecule has 0 aliphatic rings. The molecule has 0 radical (unpaired) electrons. The van der Waals surface area contributed by atoms with Crippen molar-refractivity contribution in [1.29, 1.82) is 0 Å². The third kappa shape index (κ3) is 1.81. The number of aliphatic hydroxyl groups is 1. The van der Waals surface area contributed by atoms with E-state index in [4.69, 9.17) is 5.11 Å². The zero-order valence-electron chi connectivity index (χ0n) is 8.80. The van der Waals surface area contributed by atoms with E-state index in [9.17, 15) is 26.3 Å². The van der Waals surface area contributed by atoms with Crippen molar-refractivity contribution in [3.05, 3.63) is 44.9 Å². The SMILES string of the molecule is OCc1c(F)c(F)c2c(F)c(F)c(F)c(F)c2c1Br. The topological polar surface area (TPSA) is 20.2 Å². The van der Waals surface area contributed by atoms with Gasteiger partial charge in [-0.15, -0.1) is 0 Å². The highest BCUT2D eigenvalue weighted by molar-refractivity contribution is 9.10. The Morgan fingerprint density at radius 2 is 1.11 bits per heavy atom. The zero-order chi connectivity index (χ0) is 14.5. The molecular formula is C11H3BrF6O. The quantitative estimate of drug-likeness (QED) is 0.472. The third-order valence-corrected chi connectivity index (χ3v) is 3.46. The second kappa shape index (κ2) is 4.68. The number of fused-ring (bicyclic) bond motifs is 1. The van der Waals surface area contributed by atoms with Crippen molar-refractivity contribution in [3.63, 3.8) is 0 Å². The van der Waals surface area contributed by atoms with Crippen LogP contribution in [-0.4, -0.2) is 5.11 Å². The Balaban J connectivity index is 3.18. The minimum Gasteiger partial charge on any atom is -0.392 e. The fourth-order valence-corrected chi connectivity index (χ4v) is 2.34. The van der Waals surface area contributed by atoms with E-state index >= 15 is 0 Å². The molecule has 0 atom stereocenters. The summed E-state index contributed by atoms with van der Waals surface area (Å²) in [5.41, 5.74) is -0.727. The summed E-state index contributed by atoms with van der Waals surface area (Å²) in [5, 5.41) is 6.47. The summed E-state index contributed by atoms with van der Waals surface area (Å²) in [7, 11) is 0. The van der Waals surface area contributed by atoms with Crippen LogP contribution < -0.4 is 0 Å². The number of hydrogen-bond donors (Lipinski definition) is 1. The maximum Gasteiger partial charge on any atom is 0.198 e. The molecule has 0 saturated heterocycles. The van der Waals surface area contributed by atoms with Gasteiger partial charge in [0, 0.05) is 15.4 Å². The van der Waals surface area contributed by atoms with Crippen molar-refractivity contribution in [2.75, 3.05) is 0 Å². The van der Waals surface area contributed by atoms with Crippen molar-refractivity contribution in [3.8, 4) is 0 Å². The van der Waals surface area contributed by atoms with Gasteiger partial charge < -0.3 is 5.11 Å². The van der Waals surface area contributed by atoms with Gasteiger partial charge in [-0.1, -0.05) is 0 Å². The molecule has 0 heterocycles. The third-order valence-electron chi connectivity index (χ3n) is 2.59. The van der Waals surface area contributed by atoms with Gasteiger partial charge in [-0.05, 0) is 15.9 Å². The number of halogens is 7. The first-order chi connectivity index (χ1) is 8.82. The normalized spacial score (nSPS) is 11.4. The van der Waals surface area contributed by atoms with Crippen LogP contribution in [0.1, 0.15) is 5.56 Å². The lowest BCUT2D eigenvalue weighted by molar-refractivity contribution is 0.273. The second-order valence-electron chi connectivity index (χ2n) is 3.58. The fourth-order valence-electron chi connectivity index (χ4n) is 1.67. The van der Waals surface area contributed by atoms with Gasteiger partial charge in [-0.2, -0.15) is 0 Å². The zero-order valence-corrected chi connectivity index (χ0v) is 10.4. The van der Waals surface area contributed by atoms with Crippen LogP contribution in [0.2, 0.25) is 0 Å². The maximum atomic E-state index is 13.6. The van der Waals surface area contributed by atoms with Crippen LogP contribution in [0.15, 0.2) is 4.47 Å². The summed E-state index contributed by atoms with van der Waals surface area (Å²) in [6.07, 6.45) is 0. The first-order valence-corrected chi connectivity index (χ1v) is 5.54. The Hall–Kier alpha value is -1.28. The van der Waals surface area contributed by atoms with Crippen LogP contribution in [0.25, 0.3) is 10.8 Å². The summed E-state index contributed by atoms with van der Waals surface area (Å²) in [6, 6.07) is 0. The number of hydrogen-bond acceptors (Lipinski definition) is 1. The summed E-state index contributed by atoms with van der Waals surface area (Å²) < 4.78 is 79.5. The molecule has 0 aliphatic carbocycles. The van der Waals surface area contributed by atoms with E-state index in [1.165, 1.54) is 0 Å². The van der Waals surface area contributed by atoms with E-state index < -0.39 is 62.3 Å². The molecule has 2 aromatic rings. The summed E-state index contributed by atoms with van der Waals surface area (Å²) in [5.74, 6) is -11.9.